The molecule has 2 atom stereocenters. The van der Waals surface area contributed by atoms with Gasteiger partial charge in [0.15, 0.2) is 11.2 Å². The molecule has 0 aliphatic heterocycles. The summed E-state index contributed by atoms with van der Waals surface area (Å²) in [5, 5.41) is 0. The average molecular weight is 419 g/mol. The summed E-state index contributed by atoms with van der Waals surface area (Å²) in [4.78, 5) is 37.1. The fourth-order valence-electron chi connectivity index (χ4n) is 3.33. The first kappa shape index (κ1) is 24.1. The molecule has 0 radical (unpaired) electrons. The molecule has 0 bridgehead atoms. The number of hydrogen-bond acceptors (Lipinski definition) is 5. The number of aromatic amines is 1. The largest absolute Gasteiger partial charge is 0.460 e. The van der Waals surface area contributed by atoms with Crippen LogP contribution in [0.15, 0.2) is 11.1 Å². The maximum atomic E-state index is 12.6. The zero-order valence-corrected chi connectivity index (χ0v) is 19.8. The van der Waals surface area contributed by atoms with Gasteiger partial charge in [-0.3, -0.25) is 9.59 Å². The van der Waals surface area contributed by atoms with Gasteiger partial charge in [0.1, 0.15) is 11.9 Å². The smallest absolute Gasteiger partial charge is 0.311 e. The number of hydrogen-bond donors (Lipinski definition) is 1. The Hall–Kier alpha value is -2.18. The molecule has 30 heavy (non-hydrogen) atoms. The summed E-state index contributed by atoms with van der Waals surface area (Å²) in [6.45, 7) is 15.7. The number of fused-ring (bicyclic) bond motifs is 1. The first-order valence-corrected chi connectivity index (χ1v) is 11.0. The first-order valence-electron chi connectivity index (χ1n) is 11.0. The normalized spacial score (nSPS) is 14.7. The van der Waals surface area contributed by atoms with Crippen molar-refractivity contribution >= 4 is 17.1 Å². The molecule has 0 amide bonds. The Morgan fingerprint density at radius 3 is 2.40 bits per heavy atom. The Bertz CT molecular complexity index is 915. The van der Waals surface area contributed by atoms with Gasteiger partial charge in [0.25, 0.3) is 5.56 Å². The van der Waals surface area contributed by atoms with E-state index in [4.69, 9.17) is 9.72 Å². The number of ether oxygens (including phenoxy) is 1. The molecule has 7 heteroatoms. The number of carbonyl (C=O) groups excluding carboxylic acids is 1. The van der Waals surface area contributed by atoms with Crippen molar-refractivity contribution in [3.8, 4) is 0 Å². The van der Waals surface area contributed by atoms with Crippen LogP contribution in [-0.2, 0) is 14.9 Å². The second kappa shape index (κ2) is 9.31. The molecule has 2 rings (SSSR count). The lowest BCUT2D eigenvalue weighted by Crippen LogP contribution is -2.32. The zero-order valence-electron chi connectivity index (χ0n) is 19.8. The van der Waals surface area contributed by atoms with Crippen LogP contribution in [0, 0.1) is 5.41 Å². The molecule has 1 N–H and O–H groups in total. The molecule has 0 aliphatic rings. The van der Waals surface area contributed by atoms with Gasteiger partial charge in [0.2, 0.25) is 0 Å². The molecule has 0 aromatic carbocycles. The molecule has 2 unspecified atom stereocenters. The summed E-state index contributed by atoms with van der Waals surface area (Å²) in [7, 11) is 0. The molecule has 0 aliphatic carbocycles. The minimum absolute atomic E-state index is 0.139. The third-order valence-electron chi connectivity index (χ3n) is 5.30. The van der Waals surface area contributed by atoms with Gasteiger partial charge in [-0.05, 0) is 34.1 Å². The van der Waals surface area contributed by atoms with E-state index in [0.717, 1.165) is 25.7 Å². The molecule has 0 spiro atoms. The fraction of sp³-hybridized carbons (Fsp3) is 0.739. The number of esters is 1. The van der Waals surface area contributed by atoms with Crippen molar-refractivity contribution in [1.82, 2.24) is 19.5 Å². The number of imidazole rings is 1. The van der Waals surface area contributed by atoms with Gasteiger partial charge in [-0.15, -0.1) is 0 Å². The third kappa shape index (κ3) is 5.70. The van der Waals surface area contributed by atoms with E-state index in [2.05, 4.69) is 16.9 Å². The van der Waals surface area contributed by atoms with Crippen LogP contribution in [0.3, 0.4) is 0 Å². The number of H-pyrrole nitrogens is 1. The van der Waals surface area contributed by atoms with Crippen molar-refractivity contribution in [3.63, 3.8) is 0 Å². The summed E-state index contributed by atoms with van der Waals surface area (Å²) < 4.78 is 7.76. The second-order valence-corrected chi connectivity index (χ2v) is 10.3. The van der Waals surface area contributed by atoms with Crippen molar-refractivity contribution in [1.29, 1.82) is 0 Å². The standard InChI is InChI=1S/C23H38N4O3/c1-9-10-11-12-13-16(15(2)30-21(29)23(6,7)8)27-14-24-17-18(27)25-20(22(3,4)5)26-19(17)28/h14-16H,9-13H2,1-8H3,(H,25,26,28). The van der Waals surface area contributed by atoms with Crippen molar-refractivity contribution in [2.45, 2.75) is 105 Å². The van der Waals surface area contributed by atoms with E-state index in [1.807, 2.05) is 53.0 Å². The SMILES string of the molecule is CCCCCCC(C(C)OC(=O)C(C)(C)C)n1cnc2c(=O)[nH]c(C(C)(C)C)nc21. The Kier molecular flexibility index (Phi) is 7.48. The van der Waals surface area contributed by atoms with Crippen LogP contribution < -0.4 is 5.56 Å². The van der Waals surface area contributed by atoms with E-state index < -0.39 is 5.41 Å². The topological polar surface area (TPSA) is 89.9 Å². The van der Waals surface area contributed by atoms with Crippen LogP contribution in [0.5, 0.6) is 0 Å². The first-order chi connectivity index (χ1) is 13.9. The Labute approximate surface area is 179 Å². The molecule has 2 aromatic rings. The maximum Gasteiger partial charge on any atom is 0.311 e. The molecule has 7 nitrogen and oxygen atoms in total. The van der Waals surface area contributed by atoms with Gasteiger partial charge >= 0.3 is 5.97 Å². The number of carbonyl (C=O) groups is 1. The van der Waals surface area contributed by atoms with Gasteiger partial charge in [-0.1, -0.05) is 53.4 Å². The van der Waals surface area contributed by atoms with Crippen LogP contribution in [0.4, 0.5) is 0 Å². The Morgan fingerprint density at radius 2 is 1.83 bits per heavy atom. The lowest BCUT2D eigenvalue weighted by molar-refractivity contribution is -0.160. The lowest BCUT2D eigenvalue weighted by atomic mass is 9.96. The van der Waals surface area contributed by atoms with Gasteiger partial charge < -0.3 is 14.3 Å². The minimum Gasteiger partial charge on any atom is -0.460 e. The van der Waals surface area contributed by atoms with E-state index in [0.29, 0.717) is 17.0 Å². The van der Waals surface area contributed by atoms with Crippen LogP contribution in [0.25, 0.3) is 11.2 Å². The number of nitrogens with zero attached hydrogens (tertiary/aromatic N) is 3. The summed E-state index contributed by atoms with van der Waals surface area (Å²) in [6.07, 6.45) is 6.55. The number of nitrogens with one attached hydrogen (secondary N) is 1. The highest BCUT2D eigenvalue weighted by Crippen LogP contribution is 2.28. The zero-order chi connectivity index (χ0) is 22.7. The van der Waals surface area contributed by atoms with Crippen molar-refractivity contribution in [2.24, 2.45) is 5.41 Å². The predicted octanol–water partition coefficient (Wildman–Crippen LogP) is 4.91. The fourth-order valence-corrected chi connectivity index (χ4v) is 3.33. The van der Waals surface area contributed by atoms with Crippen LogP contribution in [0.2, 0.25) is 0 Å². The average Bonchev–Trinajstić information content (AvgIpc) is 3.04. The van der Waals surface area contributed by atoms with E-state index in [9.17, 15) is 9.59 Å². The van der Waals surface area contributed by atoms with Gasteiger partial charge in [0, 0.05) is 5.41 Å². The molecule has 0 fully saturated rings. The van der Waals surface area contributed by atoms with Gasteiger partial charge in [0.05, 0.1) is 17.8 Å². The Morgan fingerprint density at radius 1 is 1.17 bits per heavy atom. The van der Waals surface area contributed by atoms with Crippen molar-refractivity contribution in [3.05, 3.63) is 22.5 Å². The third-order valence-corrected chi connectivity index (χ3v) is 5.30. The summed E-state index contributed by atoms with van der Waals surface area (Å²) in [5.41, 5.74) is -0.262. The summed E-state index contributed by atoms with van der Waals surface area (Å²) in [6, 6.07) is -0.139. The summed E-state index contributed by atoms with van der Waals surface area (Å²) >= 11 is 0. The molecule has 2 heterocycles. The number of aromatic nitrogens is 4. The molecular formula is C23H38N4O3. The number of unbranched alkanes of at least 4 members (excludes halogenated alkanes) is 3. The minimum atomic E-state index is -0.577. The lowest BCUT2D eigenvalue weighted by Gasteiger charge is -2.28. The molecule has 0 saturated carbocycles. The molecule has 168 valence electrons. The quantitative estimate of drug-likeness (QED) is 0.486. The van der Waals surface area contributed by atoms with Crippen LogP contribution >= 0.6 is 0 Å². The molecular weight excluding hydrogens is 380 g/mol. The number of rotatable bonds is 8. The molecule has 2 aromatic heterocycles. The van der Waals surface area contributed by atoms with Crippen LogP contribution in [0.1, 0.15) is 99.4 Å². The van der Waals surface area contributed by atoms with E-state index in [1.54, 1.807) is 6.33 Å². The second-order valence-electron chi connectivity index (χ2n) is 10.3. The highest BCUT2D eigenvalue weighted by molar-refractivity contribution is 5.75. The highest BCUT2D eigenvalue weighted by atomic mass is 16.5. The van der Waals surface area contributed by atoms with Gasteiger partial charge in [-0.25, -0.2) is 9.97 Å². The summed E-state index contributed by atoms with van der Waals surface area (Å²) in [5.74, 6) is 0.380. The van der Waals surface area contributed by atoms with Crippen molar-refractivity contribution < 1.29 is 9.53 Å². The maximum absolute atomic E-state index is 12.6. The van der Waals surface area contributed by atoms with E-state index in [-0.39, 0.29) is 29.1 Å². The van der Waals surface area contributed by atoms with Crippen molar-refractivity contribution in [2.75, 3.05) is 0 Å². The Balaban J connectivity index is 2.46. The predicted molar refractivity (Wildman–Crippen MR) is 120 cm³/mol. The molecule has 0 saturated heterocycles. The van der Waals surface area contributed by atoms with Crippen LogP contribution in [-0.4, -0.2) is 31.6 Å². The van der Waals surface area contributed by atoms with E-state index in [1.165, 1.54) is 6.42 Å². The van der Waals surface area contributed by atoms with Gasteiger partial charge in [-0.2, -0.15) is 0 Å². The monoisotopic (exact) mass is 418 g/mol. The van der Waals surface area contributed by atoms with E-state index >= 15 is 0 Å². The highest BCUT2D eigenvalue weighted by Gasteiger charge is 2.30.